The van der Waals surface area contributed by atoms with Gasteiger partial charge in [-0.1, -0.05) is 0 Å². The molecular weight excluding hydrogens is 168 g/mol. The summed E-state index contributed by atoms with van der Waals surface area (Å²) < 4.78 is 0. The van der Waals surface area contributed by atoms with Crippen LogP contribution >= 0.6 is 0 Å². The van der Waals surface area contributed by atoms with Gasteiger partial charge in [-0.05, 0) is 38.0 Å². The molecule has 0 aromatic heterocycles. The van der Waals surface area contributed by atoms with Crippen molar-refractivity contribution in [1.29, 1.82) is 0 Å². The highest BCUT2D eigenvalue weighted by Gasteiger charge is 2.13. The van der Waals surface area contributed by atoms with Gasteiger partial charge in [0.15, 0.2) is 11.6 Å². The lowest BCUT2D eigenvalue weighted by Gasteiger charge is -2.07. The van der Waals surface area contributed by atoms with Crippen molar-refractivity contribution in [2.75, 3.05) is 0 Å². The summed E-state index contributed by atoms with van der Waals surface area (Å²) in [7, 11) is 0. The van der Waals surface area contributed by atoms with Gasteiger partial charge in [-0.2, -0.15) is 0 Å². The zero-order valence-corrected chi connectivity index (χ0v) is 7.41. The second kappa shape index (κ2) is 4.14. The summed E-state index contributed by atoms with van der Waals surface area (Å²) in [5, 5.41) is 8.91. The first-order valence-corrected chi connectivity index (χ1v) is 4.08. The van der Waals surface area contributed by atoms with Crippen molar-refractivity contribution >= 4 is 11.6 Å². The summed E-state index contributed by atoms with van der Waals surface area (Å²) in [5.41, 5.74) is 0.473. The maximum atomic E-state index is 11.2. The molecule has 0 unspecified atom stereocenters. The summed E-state index contributed by atoms with van der Waals surface area (Å²) in [6.45, 7) is 1.57. The van der Waals surface area contributed by atoms with E-state index < -0.39 is 0 Å². The average molecular weight is 179 g/mol. The number of rotatable bonds is 3. The lowest BCUT2D eigenvalue weighted by molar-refractivity contribution is -0.114. The molecule has 0 aliphatic heterocycles. The van der Waals surface area contributed by atoms with Gasteiger partial charge in [0.1, 0.15) is 0 Å². The molecule has 1 rings (SSSR count). The molecule has 0 saturated carbocycles. The Morgan fingerprint density at radius 2 is 2.08 bits per heavy atom. The highest BCUT2D eigenvalue weighted by Crippen LogP contribution is 2.15. The topological polar surface area (TPSA) is 54.4 Å². The number of allylic oxidation sites excluding steroid dienone is 4. The van der Waals surface area contributed by atoms with Crippen LogP contribution in [0.1, 0.15) is 19.8 Å². The van der Waals surface area contributed by atoms with Gasteiger partial charge in [-0.3, -0.25) is 9.59 Å². The molecular formula is C10H11O3. The number of ketones is 2. The van der Waals surface area contributed by atoms with E-state index in [9.17, 15) is 9.59 Å². The summed E-state index contributed by atoms with van der Waals surface area (Å²) >= 11 is 0. The predicted molar refractivity (Wildman–Crippen MR) is 47.3 cm³/mol. The predicted octanol–water partition coefficient (Wildman–Crippen LogP) is 1.33. The first-order valence-electron chi connectivity index (χ1n) is 4.08. The third-order valence-corrected chi connectivity index (χ3v) is 1.79. The Kier molecular flexibility index (Phi) is 3.14. The van der Waals surface area contributed by atoms with E-state index in [1.54, 1.807) is 6.92 Å². The summed E-state index contributed by atoms with van der Waals surface area (Å²) in [6.07, 6.45) is 4.98. The minimum absolute atomic E-state index is 0.138. The molecule has 0 atom stereocenters. The van der Waals surface area contributed by atoms with Gasteiger partial charge in [0.2, 0.25) is 0 Å². The molecule has 13 heavy (non-hydrogen) atoms. The first kappa shape index (κ1) is 9.86. The monoisotopic (exact) mass is 179 g/mol. The van der Waals surface area contributed by atoms with Crippen molar-refractivity contribution in [2.45, 2.75) is 19.8 Å². The van der Waals surface area contributed by atoms with Crippen molar-refractivity contribution in [1.82, 2.24) is 0 Å². The Morgan fingerprint density at radius 3 is 2.69 bits per heavy atom. The quantitative estimate of drug-likeness (QED) is 0.665. The highest BCUT2D eigenvalue weighted by molar-refractivity contribution is 6.17. The van der Waals surface area contributed by atoms with Crippen LogP contribution in [0.15, 0.2) is 23.8 Å². The molecule has 0 bridgehead atoms. The number of carbonyl (C=O) groups is 2. The molecule has 1 N–H and O–H groups in total. The molecule has 0 amide bonds. The largest absolute Gasteiger partial charge is 0.387 e. The highest BCUT2D eigenvalue weighted by atomic mass is 16.3. The van der Waals surface area contributed by atoms with Crippen molar-refractivity contribution in [3.8, 4) is 0 Å². The van der Waals surface area contributed by atoms with Crippen molar-refractivity contribution in [3.05, 3.63) is 29.9 Å². The maximum Gasteiger partial charge on any atom is 0.182 e. The van der Waals surface area contributed by atoms with Crippen LogP contribution in [0.25, 0.3) is 0 Å². The van der Waals surface area contributed by atoms with Crippen LogP contribution < -0.4 is 0 Å². The van der Waals surface area contributed by atoms with E-state index in [0.29, 0.717) is 18.4 Å². The van der Waals surface area contributed by atoms with Crippen LogP contribution in [-0.2, 0) is 9.59 Å². The number of aliphatic hydroxyl groups excluding tert-OH is 1. The normalized spacial score (nSPS) is 16.7. The second-order valence-corrected chi connectivity index (χ2v) is 3.00. The fraction of sp³-hybridized carbons (Fsp3) is 0.300. The Morgan fingerprint density at radius 1 is 1.38 bits per heavy atom. The first-order chi connectivity index (χ1) is 6.09. The van der Waals surface area contributed by atoms with Crippen LogP contribution in [0.3, 0.4) is 0 Å². The molecule has 1 aliphatic carbocycles. The fourth-order valence-electron chi connectivity index (χ4n) is 1.07. The van der Waals surface area contributed by atoms with Gasteiger partial charge >= 0.3 is 0 Å². The van der Waals surface area contributed by atoms with Crippen molar-refractivity contribution in [3.63, 3.8) is 0 Å². The molecule has 1 radical (unpaired) electrons. The maximum absolute atomic E-state index is 11.2. The molecule has 0 fully saturated rings. The molecule has 0 heterocycles. The minimum Gasteiger partial charge on any atom is -0.387 e. The van der Waals surface area contributed by atoms with Gasteiger partial charge < -0.3 is 5.11 Å². The van der Waals surface area contributed by atoms with Gasteiger partial charge in [0.05, 0.1) is 6.10 Å². The number of carbonyl (C=O) groups excluding carboxylic acids is 2. The molecule has 3 heteroatoms. The standard InChI is InChI=1S/C10H11O3/c1-7(11)2-3-8-6-9(12)4-5-10(8)13/h4-6,11H,2-3H2,1H3. The fourth-order valence-corrected chi connectivity index (χ4v) is 1.07. The Balaban J connectivity index is 2.58. The van der Waals surface area contributed by atoms with E-state index >= 15 is 0 Å². The molecule has 69 valence electrons. The number of aliphatic hydroxyl groups is 1. The second-order valence-electron chi connectivity index (χ2n) is 3.00. The van der Waals surface area contributed by atoms with Crippen LogP contribution in [-0.4, -0.2) is 16.7 Å². The van der Waals surface area contributed by atoms with E-state index in [2.05, 4.69) is 0 Å². The van der Waals surface area contributed by atoms with Gasteiger partial charge in [0.25, 0.3) is 0 Å². The van der Waals surface area contributed by atoms with E-state index in [1.165, 1.54) is 18.2 Å². The molecule has 0 aromatic carbocycles. The molecule has 0 spiro atoms. The van der Waals surface area contributed by atoms with E-state index in [-0.39, 0.29) is 17.7 Å². The molecule has 0 saturated heterocycles. The summed E-state index contributed by atoms with van der Waals surface area (Å²) in [4.78, 5) is 22.0. The summed E-state index contributed by atoms with van der Waals surface area (Å²) in [5.74, 6) is -0.300. The molecule has 0 aromatic rings. The molecule has 1 aliphatic rings. The zero-order valence-electron chi connectivity index (χ0n) is 7.41. The molecule has 3 nitrogen and oxygen atoms in total. The van der Waals surface area contributed by atoms with Gasteiger partial charge in [0, 0.05) is 5.57 Å². The minimum atomic E-state index is -0.162. The zero-order chi connectivity index (χ0) is 9.84. The van der Waals surface area contributed by atoms with Crippen LogP contribution in [0.2, 0.25) is 0 Å². The Labute approximate surface area is 76.8 Å². The number of hydrogen-bond acceptors (Lipinski definition) is 3. The summed E-state index contributed by atoms with van der Waals surface area (Å²) in [6, 6.07) is 0. The Hall–Kier alpha value is -1.22. The third kappa shape index (κ3) is 2.95. The van der Waals surface area contributed by atoms with Crippen molar-refractivity contribution < 1.29 is 14.7 Å². The lowest BCUT2D eigenvalue weighted by atomic mass is 9.98. The van der Waals surface area contributed by atoms with Gasteiger partial charge in [-0.25, -0.2) is 0 Å². The van der Waals surface area contributed by atoms with Gasteiger partial charge in [-0.15, -0.1) is 0 Å². The lowest BCUT2D eigenvalue weighted by Crippen LogP contribution is -2.08. The third-order valence-electron chi connectivity index (χ3n) is 1.79. The van der Waals surface area contributed by atoms with E-state index in [1.807, 2.05) is 0 Å². The van der Waals surface area contributed by atoms with Crippen molar-refractivity contribution in [2.24, 2.45) is 0 Å². The smallest absolute Gasteiger partial charge is 0.182 e. The van der Waals surface area contributed by atoms with Crippen LogP contribution in [0.4, 0.5) is 0 Å². The van der Waals surface area contributed by atoms with Crippen LogP contribution in [0, 0.1) is 6.10 Å². The SMILES string of the molecule is C[C](O)CCC1=CC(=O)C=CC1=O. The van der Waals surface area contributed by atoms with E-state index in [4.69, 9.17) is 5.11 Å². The Bertz CT molecular complexity index is 285. The van der Waals surface area contributed by atoms with E-state index in [0.717, 1.165) is 0 Å². The average Bonchev–Trinajstić information content (AvgIpc) is 2.06. The van der Waals surface area contributed by atoms with Crippen LogP contribution in [0.5, 0.6) is 0 Å². The number of hydrogen-bond donors (Lipinski definition) is 1.